The van der Waals surface area contributed by atoms with Crippen LogP contribution in [0.25, 0.3) is 10.9 Å². The van der Waals surface area contributed by atoms with Crippen molar-refractivity contribution in [3.8, 4) is 0 Å². The predicted molar refractivity (Wildman–Crippen MR) is 103 cm³/mol. The van der Waals surface area contributed by atoms with Gasteiger partial charge >= 0.3 is 5.97 Å². The van der Waals surface area contributed by atoms with E-state index in [9.17, 15) is 9.59 Å². The van der Waals surface area contributed by atoms with Crippen LogP contribution >= 0.6 is 23.2 Å². The zero-order valence-electron chi connectivity index (χ0n) is 14.1. The van der Waals surface area contributed by atoms with Gasteiger partial charge in [-0.05, 0) is 31.2 Å². The number of nitrogens with zero attached hydrogens (tertiary/aromatic N) is 1. The Labute approximate surface area is 160 Å². The van der Waals surface area contributed by atoms with E-state index < -0.39 is 18.0 Å². The fraction of sp³-hybridized carbons (Fsp3) is 0.158. The molecule has 0 fully saturated rings. The van der Waals surface area contributed by atoms with Crippen molar-refractivity contribution in [3.63, 3.8) is 0 Å². The first-order valence-electron chi connectivity index (χ1n) is 7.88. The number of hydrogen-bond acceptors (Lipinski definition) is 3. The molecule has 0 unspecified atom stereocenters. The van der Waals surface area contributed by atoms with Gasteiger partial charge in [-0.15, -0.1) is 0 Å². The highest BCUT2D eigenvalue weighted by atomic mass is 35.5. The van der Waals surface area contributed by atoms with Crippen molar-refractivity contribution >= 4 is 51.7 Å². The number of ether oxygens (including phenoxy) is 1. The zero-order chi connectivity index (χ0) is 18.8. The Morgan fingerprint density at radius 1 is 1.15 bits per heavy atom. The molecule has 0 aliphatic carbocycles. The normalized spacial score (nSPS) is 12.0. The van der Waals surface area contributed by atoms with Gasteiger partial charge in [-0.2, -0.15) is 0 Å². The lowest BCUT2D eigenvalue weighted by atomic mass is 10.2. The van der Waals surface area contributed by atoms with E-state index in [-0.39, 0.29) is 0 Å². The van der Waals surface area contributed by atoms with Crippen molar-refractivity contribution in [2.75, 3.05) is 5.32 Å². The Morgan fingerprint density at radius 3 is 2.62 bits per heavy atom. The lowest BCUT2D eigenvalue weighted by molar-refractivity contribution is -0.123. The second kappa shape index (κ2) is 7.40. The molecule has 1 heterocycles. The van der Waals surface area contributed by atoms with Crippen molar-refractivity contribution < 1.29 is 14.3 Å². The molecule has 3 rings (SSSR count). The summed E-state index contributed by atoms with van der Waals surface area (Å²) in [5.41, 5.74) is 1.71. The number of carbonyl (C=O) groups excluding carboxylic acids is 2. The van der Waals surface area contributed by atoms with E-state index in [4.69, 9.17) is 27.9 Å². The van der Waals surface area contributed by atoms with E-state index in [1.54, 1.807) is 18.3 Å². The summed E-state index contributed by atoms with van der Waals surface area (Å²) >= 11 is 11.9. The van der Waals surface area contributed by atoms with Gasteiger partial charge in [-0.3, -0.25) is 4.79 Å². The minimum Gasteiger partial charge on any atom is -0.449 e. The monoisotopic (exact) mass is 390 g/mol. The lowest BCUT2D eigenvalue weighted by Crippen LogP contribution is -2.30. The van der Waals surface area contributed by atoms with Gasteiger partial charge in [0.1, 0.15) is 0 Å². The van der Waals surface area contributed by atoms with Crippen LogP contribution in [0.3, 0.4) is 0 Å². The van der Waals surface area contributed by atoms with E-state index >= 15 is 0 Å². The summed E-state index contributed by atoms with van der Waals surface area (Å²) in [7, 11) is 1.85. The largest absolute Gasteiger partial charge is 0.449 e. The Bertz CT molecular complexity index is 998. The maximum atomic E-state index is 12.5. The zero-order valence-corrected chi connectivity index (χ0v) is 15.6. The Morgan fingerprint density at radius 2 is 1.88 bits per heavy atom. The number of esters is 1. The number of nitrogens with one attached hydrogen (secondary N) is 1. The van der Waals surface area contributed by atoms with Crippen LogP contribution in [0.4, 0.5) is 5.69 Å². The Kier molecular flexibility index (Phi) is 5.20. The number of rotatable bonds is 4. The van der Waals surface area contributed by atoms with E-state index in [1.165, 1.54) is 13.0 Å². The van der Waals surface area contributed by atoms with Crippen LogP contribution in [0.2, 0.25) is 10.0 Å². The number of amides is 1. The van der Waals surface area contributed by atoms with Crippen LogP contribution in [-0.4, -0.2) is 22.5 Å². The third-order valence-corrected chi connectivity index (χ3v) is 4.51. The molecular weight excluding hydrogens is 375 g/mol. The summed E-state index contributed by atoms with van der Waals surface area (Å²) in [6.45, 7) is 1.50. The minimum atomic E-state index is -0.992. The van der Waals surface area contributed by atoms with Crippen molar-refractivity contribution in [1.29, 1.82) is 0 Å². The van der Waals surface area contributed by atoms with Crippen LogP contribution in [0.15, 0.2) is 48.7 Å². The molecule has 0 radical (unpaired) electrons. The highest BCUT2D eigenvalue weighted by Gasteiger charge is 2.22. The van der Waals surface area contributed by atoms with Crippen LogP contribution in [0.1, 0.15) is 17.3 Å². The van der Waals surface area contributed by atoms with Crippen molar-refractivity contribution in [1.82, 2.24) is 4.57 Å². The summed E-state index contributed by atoms with van der Waals surface area (Å²) in [5.74, 6) is -1.05. The molecule has 0 spiro atoms. The highest BCUT2D eigenvalue weighted by Crippen LogP contribution is 2.26. The first-order chi connectivity index (χ1) is 12.4. The number of halogens is 2. The number of carbonyl (C=O) groups is 2. The maximum Gasteiger partial charge on any atom is 0.341 e. The molecular formula is C19H16Cl2N2O3. The summed E-state index contributed by atoms with van der Waals surface area (Å²) in [6, 6.07) is 12.2. The number of fused-ring (bicyclic) bond motifs is 1. The van der Waals surface area contributed by atoms with Gasteiger partial charge in [0.25, 0.3) is 5.91 Å². The molecule has 134 valence electrons. The molecule has 0 bridgehead atoms. The quantitative estimate of drug-likeness (QED) is 0.658. The molecule has 7 heteroatoms. The molecule has 3 aromatic rings. The van der Waals surface area contributed by atoms with Crippen LogP contribution in [0.5, 0.6) is 0 Å². The number of aromatic nitrogens is 1. The second-order valence-electron chi connectivity index (χ2n) is 5.83. The van der Waals surface area contributed by atoms with Crippen molar-refractivity contribution in [3.05, 3.63) is 64.3 Å². The molecule has 1 amide bonds. The van der Waals surface area contributed by atoms with Crippen LogP contribution < -0.4 is 5.32 Å². The van der Waals surface area contributed by atoms with Crippen LogP contribution in [0, 0.1) is 0 Å². The van der Waals surface area contributed by atoms with Gasteiger partial charge in [0.05, 0.1) is 16.3 Å². The summed E-state index contributed by atoms with van der Waals surface area (Å²) in [4.78, 5) is 24.8. The summed E-state index contributed by atoms with van der Waals surface area (Å²) in [6.07, 6.45) is 0.696. The second-order valence-corrected chi connectivity index (χ2v) is 6.68. The predicted octanol–water partition coefficient (Wildman–Crippen LogP) is 4.67. The SMILES string of the molecule is C[C@@H](OC(=O)c1cn(C)c2ccccc12)C(=O)Nc1ccc(Cl)cc1Cl. The van der Waals surface area contributed by atoms with Gasteiger partial charge < -0.3 is 14.6 Å². The molecule has 26 heavy (non-hydrogen) atoms. The molecule has 1 aromatic heterocycles. The standard InChI is InChI=1S/C19H16Cl2N2O3/c1-11(18(24)22-16-8-7-12(20)9-15(16)21)26-19(25)14-10-23(2)17-6-4-3-5-13(14)17/h3-11H,1-2H3,(H,22,24)/t11-/m1/s1. The topological polar surface area (TPSA) is 60.3 Å². The van der Waals surface area contributed by atoms with E-state index in [2.05, 4.69) is 5.32 Å². The van der Waals surface area contributed by atoms with Gasteiger partial charge in [-0.1, -0.05) is 41.4 Å². The number of aryl methyl sites for hydroxylation is 1. The number of anilines is 1. The maximum absolute atomic E-state index is 12.5. The Hall–Kier alpha value is -2.50. The van der Waals surface area contributed by atoms with E-state index in [0.717, 1.165) is 10.9 Å². The highest BCUT2D eigenvalue weighted by molar-refractivity contribution is 6.36. The first kappa shape index (κ1) is 18.3. The fourth-order valence-corrected chi connectivity index (χ4v) is 3.06. The van der Waals surface area contributed by atoms with Gasteiger partial charge in [0, 0.05) is 29.2 Å². The summed E-state index contributed by atoms with van der Waals surface area (Å²) < 4.78 is 7.16. The molecule has 0 saturated heterocycles. The fourth-order valence-electron chi connectivity index (χ4n) is 2.61. The number of para-hydroxylation sites is 1. The Balaban J connectivity index is 1.73. The molecule has 0 aliphatic heterocycles. The van der Waals surface area contributed by atoms with Gasteiger partial charge in [-0.25, -0.2) is 4.79 Å². The molecule has 5 nitrogen and oxygen atoms in total. The number of hydrogen-bond donors (Lipinski definition) is 1. The van der Waals surface area contributed by atoms with Crippen molar-refractivity contribution in [2.45, 2.75) is 13.0 Å². The lowest BCUT2D eigenvalue weighted by Gasteiger charge is -2.14. The number of benzene rings is 2. The van der Waals surface area contributed by atoms with Crippen LogP contribution in [-0.2, 0) is 16.6 Å². The third-order valence-electron chi connectivity index (χ3n) is 3.96. The molecule has 2 aromatic carbocycles. The van der Waals surface area contributed by atoms with E-state index in [0.29, 0.717) is 21.3 Å². The average molecular weight is 391 g/mol. The molecule has 0 saturated carbocycles. The first-order valence-corrected chi connectivity index (χ1v) is 8.63. The molecule has 1 N–H and O–H groups in total. The average Bonchev–Trinajstić information content (AvgIpc) is 2.94. The minimum absolute atomic E-state index is 0.304. The molecule has 0 aliphatic rings. The van der Waals surface area contributed by atoms with E-state index in [1.807, 2.05) is 35.9 Å². The van der Waals surface area contributed by atoms with Gasteiger partial charge in [0.2, 0.25) is 0 Å². The molecule has 1 atom stereocenters. The summed E-state index contributed by atoms with van der Waals surface area (Å²) in [5, 5.41) is 4.16. The van der Waals surface area contributed by atoms with Crippen molar-refractivity contribution in [2.24, 2.45) is 7.05 Å². The smallest absolute Gasteiger partial charge is 0.341 e. The van der Waals surface area contributed by atoms with Gasteiger partial charge in [0.15, 0.2) is 6.10 Å². The third kappa shape index (κ3) is 3.69.